The lowest BCUT2D eigenvalue weighted by atomic mass is 10.2. The average Bonchev–Trinajstić information content (AvgIpc) is 2.59. The molecule has 120 valence electrons. The van der Waals surface area contributed by atoms with Crippen LogP contribution in [0.5, 0.6) is 5.88 Å². The molecule has 7 heteroatoms. The van der Waals surface area contributed by atoms with Crippen LogP contribution in [0.1, 0.15) is 20.7 Å². The number of benzene rings is 1. The first-order valence-electron chi connectivity index (χ1n) is 6.90. The number of nitrogens with zero attached hydrogens (tertiary/aromatic N) is 2. The Hall–Kier alpha value is -3.09. The van der Waals surface area contributed by atoms with E-state index in [2.05, 4.69) is 15.8 Å². The molecule has 1 aromatic heterocycles. The van der Waals surface area contributed by atoms with E-state index in [0.29, 0.717) is 5.56 Å². The standard InChI is InChI=1S/C16H18N4O3/c1-20(2)12-7-4-6-11(10-12)14(21)18-19-15(22)13-8-5-9-17-16(13)23-3/h4-10H,1-3H3,(H,18,21)(H,19,22). The van der Waals surface area contributed by atoms with Gasteiger partial charge in [-0.15, -0.1) is 0 Å². The molecule has 0 spiro atoms. The third-order valence-electron chi connectivity index (χ3n) is 3.12. The minimum Gasteiger partial charge on any atom is -0.480 e. The first-order chi connectivity index (χ1) is 11.0. The molecule has 0 fully saturated rings. The highest BCUT2D eigenvalue weighted by Gasteiger charge is 2.14. The second-order valence-electron chi connectivity index (χ2n) is 4.91. The smallest absolute Gasteiger partial charge is 0.275 e. The van der Waals surface area contributed by atoms with E-state index in [0.717, 1.165) is 5.69 Å². The second kappa shape index (κ2) is 7.26. The van der Waals surface area contributed by atoms with E-state index in [1.165, 1.54) is 13.3 Å². The van der Waals surface area contributed by atoms with E-state index in [1.807, 2.05) is 25.1 Å². The molecule has 0 saturated heterocycles. The first-order valence-corrected chi connectivity index (χ1v) is 6.90. The Morgan fingerprint density at radius 2 is 1.83 bits per heavy atom. The molecule has 2 aromatic rings. The van der Waals surface area contributed by atoms with E-state index in [1.54, 1.807) is 30.3 Å². The summed E-state index contributed by atoms with van der Waals surface area (Å²) in [6.07, 6.45) is 1.51. The molecule has 0 aliphatic rings. The summed E-state index contributed by atoms with van der Waals surface area (Å²) >= 11 is 0. The molecule has 2 rings (SSSR count). The van der Waals surface area contributed by atoms with Gasteiger partial charge in [0.25, 0.3) is 11.8 Å². The Bertz CT molecular complexity index is 716. The van der Waals surface area contributed by atoms with Gasteiger partial charge >= 0.3 is 0 Å². The molecular formula is C16H18N4O3. The zero-order chi connectivity index (χ0) is 16.8. The van der Waals surface area contributed by atoms with Crippen molar-refractivity contribution in [2.75, 3.05) is 26.1 Å². The highest BCUT2D eigenvalue weighted by atomic mass is 16.5. The highest BCUT2D eigenvalue weighted by Crippen LogP contribution is 2.14. The van der Waals surface area contributed by atoms with Crippen molar-refractivity contribution in [3.63, 3.8) is 0 Å². The number of hydrazine groups is 1. The molecule has 0 unspecified atom stereocenters. The topological polar surface area (TPSA) is 83.6 Å². The van der Waals surface area contributed by atoms with Gasteiger partial charge in [-0.3, -0.25) is 20.4 Å². The Kier molecular flexibility index (Phi) is 5.14. The number of rotatable bonds is 4. The van der Waals surface area contributed by atoms with Crippen LogP contribution in [0.4, 0.5) is 5.69 Å². The molecule has 1 aromatic carbocycles. The monoisotopic (exact) mass is 314 g/mol. The maximum Gasteiger partial charge on any atom is 0.275 e. The van der Waals surface area contributed by atoms with Crippen molar-refractivity contribution in [1.82, 2.24) is 15.8 Å². The van der Waals surface area contributed by atoms with Crippen LogP contribution in [0.25, 0.3) is 0 Å². The molecular weight excluding hydrogens is 296 g/mol. The Labute approximate surface area is 134 Å². The molecule has 0 aliphatic heterocycles. The van der Waals surface area contributed by atoms with Crippen LogP contribution in [-0.4, -0.2) is 38.0 Å². The fourth-order valence-electron chi connectivity index (χ4n) is 1.90. The van der Waals surface area contributed by atoms with Crippen LogP contribution in [-0.2, 0) is 0 Å². The van der Waals surface area contributed by atoms with Gasteiger partial charge in [0.2, 0.25) is 5.88 Å². The molecule has 1 heterocycles. The number of amides is 2. The number of nitrogens with one attached hydrogen (secondary N) is 2. The van der Waals surface area contributed by atoms with Crippen LogP contribution in [0.2, 0.25) is 0 Å². The van der Waals surface area contributed by atoms with E-state index >= 15 is 0 Å². The van der Waals surface area contributed by atoms with E-state index in [9.17, 15) is 9.59 Å². The van der Waals surface area contributed by atoms with Gasteiger partial charge in [-0.05, 0) is 30.3 Å². The van der Waals surface area contributed by atoms with Crippen LogP contribution in [0.15, 0.2) is 42.6 Å². The second-order valence-corrected chi connectivity index (χ2v) is 4.91. The van der Waals surface area contributed by atoms with Crippen molar-refractivity contribution in [3.8, 4) is 5.88 Å². The third kappa shape index (κ3) is 3.97. The number of anilines is 1. The minimum atomic E-state index is -0.507. The summed E-state index contributed by atoms with van der Waals surface area (Å²) in [6.45, 7) is 0. The largest absolute Gasteiger partial charge is 0.480 e. The molecule has 7 nitrogen and oxygen atoms in total. The van der Waals surface area contributed by atoms with E-state index < -0.39 is 11.8 Å². The fraction of sp³-hybridized carbons (Fsp3) is 0.188. The van der Waals surface area contributed by atoms with Crippen molar-refractivity contribution in [1.29, 1.82) is 0 Å². The highest BCUT2D eigenvalue weighted by molar-refractivity contribution is 6.00. The molecule has 0 atom stereocenters. The molecule has 0 radical (unpaired) electrons. The van der Waals surface area contributed by atoms with Gasteiger partial charge in [0, 0.05) is 31.5 Å². The number of carbonyl (C=O) groups is 2. The van der Waals surface area contributed by atoms with Crippen molar-refractivity contribution < 1.29 is 14.3 Å². The number of carbonyl (C=O) groups excluding carboxylic acids is 2. The van der Waals surface area contributed by atoms with Gasteiger partial charge in [0.15, 0.2) is 0 Å². The van der Waals surface area contributed by atoms with E-state index in [4.69, 9.17) is 4.74 Å². The van der Waals surface area contributed by atoms with Gasteiger partial charge in [0.05, 0.1) is 7.11 Å². The van der Waals surface area contributed by atoms with Gasteiger partial charge < -0.3 is 9.64 Å². The van der Waals surface area contributed by atoms with Gasteiger partial charge in [-0.25, -0.2) is 4.98 Å². The van der Waals surface area contributed by atoms with Crippen molar-refractivity contribution in [3.05, 3.63) is 53.7 Å². The SMILES string of the molecule is COc1ncccc1C(=O)NNC(=O)c1cccc(N(C)C)c1. The summed E-state index contributed by atoms with van der Waals surface area (Å²) in [4.78, 5) is 30.0. The minimum absolute atomic E-state index is 0.189. The normalized spacial score (nSPS) is 9.87. The average molecular weight is 314 g/mol. The first kappa shape index (κ1) is 16.3. The molecule has 2 amide bonds. The molecule has 0 bridgehead atoms. The lowest BCUT2D eigenvalue weighted by Crippen LogP contribution is -2.41. The number of aromatic nitrogens is 1. The maximum atomic E-state index is 12.1. The Morgan fingerprint density at radius 1 is 1.09 bits per heavy atom. The number of ether oxygens (including phenoxy) is 1. The third-order valence-corrected chi connectivity index (χ3v) is 3.12. The summed E-state index contributed by atoms with van der Waals surface area (Å²) in [5, 5.41) is 0. The summed E-state index contributed by atoms with van der Waals surface area (Å²) in [5.74, 6) is -0.731. The van der Waals surface area contributed by atoms with Crippen LogP contribution in [0.3, 0.4) is 0 Å². The van der Waals surface area contributed by atoms with Crippen molar-refractivity contribution in [2.24, 2.45) is 0 Å². The lowest BCUT2D eigenvalue weighted by Gasteiger charge is -2.14. The fourth-order valence-corrected chi connectivity index (χ4v) is 1.90. The predicted molar refractivity (Wildman–Crippen MR) is 86.5 cm³/mol. The maximum absolute atomic E-state index is 12.1. The number of pyridine rings is 1. The van der Waals surface area contributed by atoms with Gasteiger partial charge in [0.1, 0.15) is 5.56 Å². The number of hydrogen-bond donors (Lipinski definition) is 2. The lowest BCUT2D eigenvalue weighted by molar-refractivity contribution is 0.0844. The molecule has 23 heavy (non-hydrogen) atoms. The van der Waals surface area contributed by atoms with Crippen LogP contribution in [0, 0.1) is 0 Å². The van der Waals surface area contributed by atoms with Crippen molar-refractivity contribution >= 4 is 17.5 Å². The molecule has 2 N–H and O–H groups in total. The van der Waals surface area contributed by atoms with E-state index in [-0.39, 0.29) is 11.4 Å². The summed E-state index contributed by atoms with van der Waals surface area (Å²) in [6, 6.07) is 10.2. The zero-order valence-corrected chi connectivity index (χ0v) is 13.2. The Morgan fingerprint density at radius 3 is 2.52 bits per heavy atom. The summed E-state index contributed by atoms with van der Waals surface area (Å²) in [5.41, 5.74) is 6.28. The number of methoxy groups -OCH3 is 1. The van der Waals surface area contributed by atoms with Crippen LogP contribution >= 0.6 is 0 Å². The van der Waals surface area contributed by atoms with Gasteiger partial charge in [-0.2, -0.15) is 0 Å². The summed E-state index contributed by atoms with van der Waals surface area (Å²) in [7, 11) is 5.19. The van der Waals surface area contributed by atoms with Gasteiger partial charge in [-0.1, -0.05) is 6.07 Å². The van der Waals surface area contributed by atoms with Crippen molar-refractivity contribution in [2.45, 2.75) is 0 Å². The molecule has 0 saturated carbocycles. The molecule has 0 aliphatic carbocycles. The summed E-state index contributed by atoms with van der Waals surface area (Å²) < 4.78 is 5.01. The number of hydrogen-bond acceptors (Lipinski definition) is 5. The predicted octanol–water partition coefficient (Wildman–Crippen LogP) is 1.23. The van der Waals surface area contributed by atoms with Crippen LogP contribution < -0.4 is 20.5 Å². The quantitative estimate of drug-likeness (QED) is 0.829. The zero-order valence-electron chi connectivity index (χ0n) is 13.2. The Balaban J connectivity index is 2.04.